The van der Waals surface area contributed by atoms with E-state index in [9.17, 15) is 9.18 Å². The lowest BCUT2D eigenvalue weighted by atomic mass is 10.1. The van der Waals surface area contributed by atoms with Gasteiger partial charge in [-0.2, -0.15) is 0 Å². The fourth-order valence-corrected chi connectivity index (χ4v) is 1.93. The first-order valence-electron chi connectivity index (χ1n) is 6.05. The molecule has 1 aliphatic rings. The van der Waals surface area contributed by atoms with Crippen molar-refractivity contribution in [3.05, 3.63) is 35.6 Å². The minimum absolute atomic E-state index is 0.0380. The van der Waals surface area contributed by atoms with Crippen molar-refractivity contribution in [2.45, 2.75) is 12.5 Å². The van der Waals surface area contributed by atoms with Gasteiger partial charge in [-0.3, -0.25) is 9.69 Å². The van der Waals surface area contributed by atoms with Gasteiger partial charge in [-0.05, 0) is 24.1 Å². The van der Waals surface area contributed by atoms with E-state index in [-0.39, 0.29) is 17.8 Å². The molecule has 18 heavy (non-hydrogen) atoms. The highest BCUT2D eigenvalue weighted by atomic mass is 19.1. The van der Waals surface area contributed by atoms with E-state index in [4.69, 9.17) is 5.11 Å². The third kappa shape index (κ3) is 3.78. The van der Waals surface area contributed by atoms with Crippen LogP contribution in [0.2, 0.25) is 0 Å². The molecule has 0 saturated carbocycles. The normalized spacial score (nSPS) is 16.3. The van der Waals surface area contributed by atoms with E-state index in [2.05, 4.69) is 5.32 Å². The van der Waals surface area contributed by atoms with Gasteiger partial charge in [-0.25, -0.2) is 4.39 Å². The van der Waals surface area contributed by atoms with Crippen LogP contribution < -0.4 is 5.32 Å². The van der Waals surface area contributed by atoms with E-state index >= 15 is 0 Å². The van der Waals surface area contributed by atoms with E-state index in [1.165, 1.54) is 12.1 Å². The van der Waals surface area contributed by atoms with Crippen LogP contribution in [0.15, 0.2) is 24.3 Å². The summed E-state index contributed by atoms with van der Waals surface area (Å²) in [4.78, 5) is 13.4. The van der Waals surface area contributed by atoms with Crippen LogP contribution in [-0.4, -0.2) is 48.2 Å². The van der Waals surface area contributed by atoms with Gasteiger partial charge >= 0.3 is 0 Å². The minimum atomic E-state index is -0.281. The molecule has 1 heterocycles. The molecule has 0 spiro atoms. The second kappa shape index (κ2) is 5.93. The maximum Gasteiger partial charge on any atom is 0.234 e. The number of aliphatic hydroxyl groups excluding tert-OH is 1. The Balaban J connectivity index is 1.62. The highest BCUT2D eigenvalue weighted by Gasteiger charge is 2.25. The Labute approximate surface area is 105 Å². The Bertz CT molecular complexity index is 402. The second-order valence-corrected chi connectivity index (χ2v) is 4.57. The number of β-amino-alcohol motifs (C(OH)–C–C–N with tert-alkyl or cyclic N) is 1. The SMILES string of the molecule is O=C(CN1CC(O)C1)NCCc1ccc(F)cc1. The van der Waals surface area contributed by atoms with E-state index < -0.39 is 0 Å². The maximum atomic E-state index is 12.7. The molecular formula is C13H17FN2O2. The number of likely N-dealkylation sites (tertiary alicyclic amines) is 1. The summed E-state index contributed by atoms with van der Waals surface area (Å²) in [5.74, 6) is -0.289. The maximum absolute atomic E-state index is 12.7. The summed E-state index contributed by atoms with van der Waals surface area (Å²) in [7, 11) is 0. The Hall–Kier alpha value is -1.46. The number of aliphatic hydroxyl groups is 1. The minimum Gasteiger partial charge on any atom is -0.390 e. The predicted octanol–water partition coefficient (Wildman–Crippen LogP) is 0.161. The van der Waals surface area contributed by atoms with Crippen molar-refractivity contribution in [1.82, 2.24) is 10.2 Å². The summed E-state index contributed by atoms with van der Waals surface area (Å²) in [6.07, 6.45) is 0.409. The van der Waals surface area contributed by atoms with Crippen LogP contribution in [0.4, 0.5) is 4.39 Å². The van der Waals surface area contributed by atoms with Crippen molar-refractivity contribution < 1.29 is 14.3 Å². The van der Waals surface area contributed by atoms with Crippen LogP contribution in [0.25, 0.3) is 0 Å². The van der Waals surface area contributed by atoms with Crippen LogP contribution >= 0.6 is 0 Å². The number of hydrogen-bond acceptors (Lipinski definition) is 3. The summed E-state index contributed by atoms with van der Waals surface area (Å²) >= 11 is 0. The average Bonchev–Trinajstić information content (AvgIpc) is 2.30. The molecule has 1 aromatic rings. The molecule has 0 bridgehead atoms. The topological polar surface area (TPSA) is 52.6 Å². The molecule has 1 saturated heterocycles. The van der Waals surface area contributed by atoms with Gasteiger partial charge in [0.1, 0.15) is 5.82 Å². The zero-order valence-electron chi connectivity index (χ0n) is 10.1. The van der Waals surface area contributed by atoms with Crippen LogP contribution in [0.1, 0.15) is 5.56 Å². The van der Waals surface area contributed by atoms with Crippen LogP contribution in [0.5, 0.6) is 0 Å². The molecule has 1 aliphatic heterocycles. The molecule has 0 aromatic heterocycles. The fourth-order valence-electron chi connectivity index (χ4n) is 1.93. The second-order valence-electron chi connectivity index (χ2n) is 4.57. The molecule has 5 heteroatoms. The highest BCUT2D eigenvalue weighted by molar-refractivity contribution is 5.78. The largest absolute Gasteiger partial charge is 0.390 e. The first-order chi connectivity index (χ1) is 8.63. The van der Waals surface area contributed by atoms with Gasteiger partial charge in [0.25, 0.3) is 0 Å². The first kappa shape index (κ1) is 13.0. The van der Waals surface area contributed by atoms with Crippen molar-refractivity contribution in [2.24, 2.45) is 0 Å². The highest BCUT2D eigenvalue weighted by Crippen LogP contribution is 2.05. The number of amides is 1. The van der Waals surface area contributed by atoms with Crippen molar-refractivity contribution in [3.8, 4) is 0 Å². The number of carbonyl (C=O) groups excluding carboxylic acids is 1. The summed E-state index contributed by atoms with van der Waals surface area (Å²) in [6, 6.07) is 6.26. The van der Waals surface area contributed by atoms with Gasteiger partial charge in [0, 0.05) is 19.6 Å². The number of hydrogen-bond donors (Lipinski definition) is 2. The monoisotopic (exact) mass is 252 g/mol. The number of carbonyl (C=O) groups is 1. The molecule has 0 atom stereocenters. The van der Waals surface area contributed by atoms with Crippen LogP contribution in [0, 0.1) is 5.82 Å². The Morgan fingerprint density at radius 3 is 2.67 bits per heavy atom. The zero-order chi connectivity index (χ0) is 13.0. The number of benzene rings is 1. The lowest BCUT2D eigenvalue weighted by Crippen LogP contribution is -2.54. The predicted molar refractivity (Wildman–Crippen MR) is 65.6 cm³/mol. The standard InChI is InChI=1S/C13H17FN2O2/c14-11-3-1-10(2-4-11)5-6-15-13(18)9-16-7-12(17)8-16/h1-4,12,17H,5-9H2,(H,15,18). The van der Waals surface area contributed by atoms with E-state index in [0.29, 0.717) is 32.6 Å². The number of nitrogens with one attached hydrogen (secondary N) is 1. The summed E-state index contributed by atoms with van der Waals surface area (Å²) in [5.41, 5.74) is 0.996. The lowest BCUT2D eigenvalue weighted by Gasteiger charge is -2.35. The van der Waals surface area contributed by atoms with Crippen LogP contribution in [0.3, 0.4) is 0 Å². The zero-order valence-corrected chi connectivity index (χ0v) is 10.1. The fraction of sp³-hybridized carbons (Fsp3) is 0.462. The Morgan fingerprint density at radius 2 is 2.06 bits per heavy atom. The molecule has 0 unspecified atom stereocenters. The molecule has 0 aliphatic carbocycles. The third-order valence-corrected chi connectivity index (χ3v) is 2.95. The summed E-state index contributed by atoms with van der Waals surface area (Å²) in [5, 5.41) is 11.9. The molecular weight excluding hydrogens is 235 g/mol. The number of nitrogens with zero attached hydrogens (tertiary/aromatic N) is 1. The number of halogens is 1. The van der Waals surface area contributed by atoms with Crippen molar-refractivity contribution in [2.75, 3.05) is 26.2 Å². The smallest absolute Gasteiger partial charge is 0.234 e. The molecule has 2 N–H and O–H groups in total. The van der Waals surface area contributed by atoms with Gasteiger partial charge in [0.05, 0.1) is 12.6 Å². The van der Waals surface area contributed by atoms with Gasteiger partial charge < -0.3 is 10.4 Å². The Morgan fingerprint density at radius 1 is 1.39 bits per heavy atom. The Kier molecular flexibility index (Phi) is 4.28. The first-order valence-corrected chi connectivity index (χ1v) is 6.05. The van der Waals surface area contributed by atoms with Crippen molar-refractivity contribution in [3.63, 3.8) is 0 Å². The van der Waals surface area contributed by atoms with E-state index in [1.54, 1.807) is 12.1 Å². The summed E-state index contributed by atoms with van der Waals surface area (Å²) in [6.45, 7) is 2.03. The molecule has 1 amide bonds. The quantitative estimate of drug-likeness (QED) is 0.785. The molecule has 2 rings (SSSR count). The number of rotatable bonds is 5. The lowest BCUT2D eigenvalue weighted by molar-refractivity contribution is -0.124. The molecule has 1 fully saturated rings. The van der Waals surface area contributed by atoms with E-state index in [1.807, 2.05) is 4.90 Å². The van der Waals surface area contributed by atoms with Gasteiger partial charge in [-0.1, -0.05) is 12.1 Å². The summed E-state index contributed by atoms with van der Waals surface area (Å²) < 4.78 is 12.7. The third-order valence-electron chi connectivity index (χ3n) is 2.95. The van der Waals surface area contributed by atoms with Crippen molar-refractivity contribution >= 4 is 5.91 Å². The van der Waals surface area contributed by atoms with Gasteiger partial charge in [-0.15, -0.1) is 0 Å². The molecule has 1 aromatic carbocycles. The molecule has 4 nitrogen and oxygen atoms in total. The van der Waals surface area contributed by atoms with Crippen molar-refractivity contribution in [1.29, 1.82) is 0 Å². The van der Waals surface area contributed by atoms with Gasteiger partial charge in [0.15, 0.2) is 0 Å². The van der Waals surface area contributed by atoms with Crippen LogP contribution in [-0.2, 0) is 11.2 Å². The average molecular weight is 252 g/mol. The molecule has 98 valence electrons. The van der Waals surface area contributed by atoms with Gasteiger partial charge in [0.2, 0.25) is 5.91 Å². The van der Waals surface area contributed by atoms with E-state index in [0.717, 1.165) is 5.56 Å². The molecule has 0 radical (unpaired) electrons.